The van der Waals surface area contributed by atoms with Crippen molar-refractivity contribution in [2.45, 2.75) is 18.0 Å². The summed E-state index contributed by atoms with van der Waals surface area (Å²) in [6.07, 6.45) is -4.46. The maximum atomic E-state index is 12.9. The van der Waals surface area contributed by atoms with E-state index < -0.39 is 23.8 Å². The minimum Gasteiger partial charge on any atom is -0.480 e. The van der Waals surface area contributed by atoms with E-state index in [2.05, 4.69) is 41.5 Å². The van der Waals surface area contributed by atoms with Crippen LogP contribution in [0.3, 0.4) is 0 Å². The van der Waals surface area contributed by atoms with Gasteiger partial charge in [0.25, 0.3) is 0 Å². The van der Waals surface area contributed by atoms with E-state index in [-0.39, 0.29) is 23.5 Å². The van der Waals surface area contributed by atoms with Gasteiger partial charge in [-0.05, 0) is 42.0 Å². The van der Waals surface area contributed by atoms with Gasteiger partial charge in [-0.2, -0.15) is 39.9 Å². The van der Waals surface area contributed by atoms with Gasteiger partial charge in [-0.25, -0.2) is 4.79 Å². The monoisotopic (exact) mass is 603 g/mol. The fourth-order valence-electron chi connectivity index (χ4n) is 3.30. The number of rotatable bonds is 10. The second-order valence-electron chi connectivity index (χ2n) is 8.05. The maximum absolute atomic E-state index is 12.9. The van der Waals surface area contributed by atoms with Crippen molar-refractivity contribution in [1.29, 1.82) is 0 Å². The Morgan fingerprint density at radius 2 is 1.58 bits per heavy atom. The van der Waals surface area contributed by atoms with E-state index in [0.29, 0.717) is 17.0 Å². The van der Waals surface area contributed by atoms with E-state index >= 15 is 0 Å². The van der Waals surface area contributed by atoms with E-state index in [1.165, 1.54) is 23.9 Å². The highest BCUT2D eigenvalue weighted by atomic mass is 79.9. The highest BCUT2D eigenvalue weighted by molar-refractivity contribution is 9.10. The van der Waals surface area contributed by atoms with Crippen LogP contribution < -0.4 is 10.6 Å². The fraction of sp³-hybridized carbons (Fsp3) is 0.154. The van der Waals surface area contributed by atoms with E-state index in [9.17, 15) is 23.1 Å². The number of thioether (sulfide) groups is 1. The lowest BCUT2D eigenvalue weighted by Crippen LogP contribution is -2.32. The predicted octanol–water partition coefficient (Wildman–Crippen LogP) is 6.86. The van der Waals surface area contributed by atoms with Crippen LogP contribution in [0.1, 0.15) is 11.1 Å². The van der Waals surface area contributed by atoms with Crippen LogP contribution in [0.25, 0.3) is 11.4 Å². The predicted molar refractivity (Wildman–Crippen MR) is 145 cm³/mol. The molecule has 0 saturated heterocycles. The maximum Gasteiger partial charge on any atom is 0.416 e. The molecule has 12 heteroatoms. The number of aromatic nitrogens is 3. The molecule has 0 saturated carbocycles. The second-order valence-corrected chi connectivity index (χ2v) is 10.00. The molecule has 0 amide bonds. The van der Waals surface area contributed by atoms with Crippen molar-refractivity contribution >= 4 is 51.2 Å². The van der Waals surface area contributed by atoms with Gasteiger partial charge < -0.3 is 15.7 Å². The number of hydrogen-bond donors (Lipinski definition) is 3. The quantitative estimate of drug-likeness (QED) is 0.181. The molecule has 3 N–H and O–H groups in total. The first-order valence-corrected chi connectivity index (χ1v) is 13.2. The largest absolute Gasteiger partial charge is 0.480 e. The van der Waals surface area contributed by atoms with Crippen LogP contribution in [-0.4, -0.2) is 37.8 Å². The van der Waals surface area contributed by atoms with Crippen molar-refractivity contribution in [3.05, 3.63) is 94.5 Å². The second kappa shape index (κ2) is 12.3. The number of nitrogens with one attached hydrogen (secondary N) is 2. The molecule has 0 aliphatic heterocycles. The van der Waals surface area contributed by atoms with E-state index in [0.717, 1.165) is 22.2 Å². The Bertz CT molecular complexity index is 1370. The van der Waals surface area contributed by atoms with Crippen LogP contribution in [0.5, 0.6) is 0 Å². The molecule has 196 valence electrons. The zero-order valence-electron chi connectivity index (χ0n) is 19.6. The first kappa shape index (κ1) is 27.4. The van der Waals surface area contributed by atoms with Gasteiger partial charge in [0.15, 0.2) is 5.82 Å². The third-order valence-corrected chi connectivity index (χ3v) is 6.84. The molecule has 0 aliphatic carbocycles. The summed E-state index contributed by atoms with van der Waals surface area (Å²) < 4.78 is 39.6. The third kappa shape index (κ3) is 7.68. The lowest BCUT2D eigenvalue weighted by molar-refractivity contribution is -0.138. The number of benzene rings is 3. The molecule has 0 spiro atoms. The van der Waals surface area contributed by atoms with Gasteiger partial charge in [0.1, 0.15) is 6.04 Å². The Kier molecular flexibility index (Phi) is 8.85. The highest BCUT2D eigenvalue weighted by Gasteiger charge is 2.30. The van der Waals surface area contributed by atoms with Gasteiger partial charge in [0.2, 0.25) is 11.9 Å². The van der Waals surface area contributed by atoms with Gasteiger partial charge in [-0.3, -0.25) is 0 Å². The average Bonchev–Trinajstić information content (AvgIpc) is 2.89. The number of nitrogens with zero attached hydrogens (tertiary/aromatic N) is 3. The van der Waals surface area contributed by atoms with Crippen molar-refractivity contribution in [2.24, 2.45) is 0 Å². The number of aliphatic carboxylic acids is 1. The Balaban J connectivity index is 1.57. The SMILES string of the molecule is O=C(O)[C@H](CSCc1ccccc1)Nc1nc(Nc2ccc(C(F)(F)F)cc2)nc(-c2ccc(Br)cc2)n1. The number of carboxylic acid groups (broad SMARTS) is 1. The summed E-state index contributed by atoms with van der Waals surface area (Å²) in [5.41, 5.74) is 1.25. The van der Waals surface area contributed by atoms with E-state index in [1.54, 1.807) is 24.3 Å². The average molecular weight is 604 g/mol. The number of alkyl halides is 3. The van der Waals surface area contributed by atoms with Crippen LogP contribution in [0.15, 0.2) is 83.3 Å². The molecular formula is C26H21BrF3N5O2S. The summed E-state index contributed by atoms with van der Waals surface area (Å²) in [6, 6.07) is 20.3. The van der Waals surface area contributed by atoms with Crippen LogP contribution in [0.4, 0.5) is 30.8 Å². The van der Waals surface area contributed by atoms with Gasteiger partial charge in [-0.15, -0.1) is 0 Å². The summed E-state index contributed by atoms with van der Waals surface area (Å²) in [5.74, 6) is 0.111. The number of carbonyl (C=O) groups is 1. The van der Waals surface area contributed by atoms with Gasteiger partial charge in [0, 0.05) is 27.2 Å². The van der Waals surface area contributed by atoms with Gasteiger partial charge in [0.05, 0.1) is 5.56 Å². The summed E-state index contributed by atoms with van der Waals surface area (Å²) in [6.45, 7) is 0. The number of anilines is 3. The normalized spacial score (nSPS) is 12.1. The van der Waals surface area contributed by atoms with Gasteiger partial charge >= 0.3 is 12.1 Å². The Morgan fingerprint density at radius 3 is 2.21 bits per heavy atom. The zero-order chi connectivity index (χ0) is 27.1. The minimum absolute atomic E-state index is 0.0139. The Hall–Kier alpha value is -3.64. The van der Waals surface area contributed by atoms with Crippen molar-refractivity contribution in [3.63, 3.8) is 0 Å². The van der Waals surface area contributed by atoms with Crippen LogP contribution in [-0.2, 0) is 16.7 Å². The molecule has 1 heterocycles. The molecule has 3 aromatic carbocycles. The number of halogens is 4. The van der Waals surface area contributed by atoms with Crippen LogP contribution >= 0.6 is 27.7 Å². The minimum atomic E-state index is -4.46. The molecule has 0 bridgehead atoms. The zero-order valence-corrected chi connectivity index (χ0v) is 22.0. The first-order chi connectivity index (χ1) is 18.2. The van der Waals surface area contributed by atoms with Crippen molar-refractivity contribution in [3.8, 4) is 11.4 Å². The molecule has 4 aromatic rings. The molecule has 1 aromatic heterocycles. The number of hydrogen-bond acceptors (Lipinski definition) is 7. The topological polar surface area (TPSA) is 100 Å². The lowest BCUT2D eigenvalue weighted by atomic mass is 10.2. The molecule has 4 rings (SSSR count). The molecule has 38 heavy (non-hydrogen) atoms. The van der Waals surface area contributed by atoms with Gasteiger partial charge in [-0.1, -0.05) is 58.4 Å². The van der Waals surface area contributed by atoms with Crippen LogP contribution in [0.2, 0.25) is 0 Å². The number of carboxylic acids is 1. The molecule has 0 aliphatic rings. The first-order valence-electron chi connectivity index (χ1n) is 11.2. The lowest BCUT2D eigenvalue weighted by Gasteiger charge is -2.16. The molecule has 0 fully saturated rings. The van der Waals surface area contributed by atoms with Crippen molar-refractivity contribution < 1.29 is 23.1 Å². The third-order valence-electron chi connectivity index (χ3n) is 5.20. The Morgan fingerprint density at radius 1 is 0.921 bits per heavy atom. The van der Waals surface area contributed by atoms with E-state index in [4.69, 9.17) is 0 Å². The summed E-state index contributed by atoms with van der Waals surface area (Å²) in [5, 5.41) is 15.5. The summed E-state index contributed by atoms with van der Waals surface area (Å²) in [4.78, 5) is 25.0. The standard InChI is InChI=1S/C26H21BrF3N5O2S/c27-19-10-6-17(7-11-19)22-33-24(31-20-12-8-18(9-13-20)26(28,29)30)35-25(34-22)32-21(23(36)37)15-38-14-16-4-2-1-3-5-16/h1-13,21H,14-15H2,(H,36,37)(H2,31,32,33,34,35)/t21-/m0/s1. The van der Waals surface area contributed by atoms with Crippen molar-refractivity contribution in [1.82, 2.24) is 15.0 Å². The van der Waals surface area contributed by atoms with Crippen LogP contribution in [0, 0.1) is 0 Å². The molecule has 0 unspecified atom stereocenters. The van der Waals surface area contributed by atoms with E-state index in [1.807, 2.05) is 30.3 Å². The highest BCUT2D eigenvalue weighted by Crippen LogP contribution is 2.30. The summed E-state index contributed by atoms with van der Waals surface area (Å²) >= 11 is 4.82. The molecule has 0 radical (unpaired) electrons. The molecular weight excluding hydrogens is 583 g/mol. The smallest absolute Gasteiger partial charge is 0.416 e. The summed E-state index contributed by atoms with van der Waals surface area (Å²) in [7, 11) is 0. The molecule has 7 nitrogen and oxygen atoms in total. The van der Waals surface area contributed by atoms with Crippen molar-refractivity contribution in [2.75, 3.05) is 16.4 Å². The molecule has 1 atom stereocenters. The fourth-order valence-corrected chi connectivity index (χ4v) is 4.57. The Labute approximate surface area is 229 Å².